The van der Waals surface area contributed by atoms with E-state index in [0.717, 1.165) is 35.7 Å². The zero-order chi connectivity index (χ0) is 23.9. The lowest BCUT2D eigenvalue weighted by Gasteiger charge is -2.42. The van der Waals surface area contributed by atoms with Crippen LogP contribution in [-0.4, -0.2) is 13.2 Å². The van der Waals surface area contributed by atoms with Crippen molar-refractivity contribution in [3.63, 3.8) is 0 Å². The van der Waals surface area contributed by atoms with Crippen LogP contribution in [0.2, 0.25) is 0 Å². The molecule has 4 atom stereocenters. The molecule has 4 unspecified atom stereocenters. The second-order valence-electron chi connectivity index (χ2n) is 10.0. The van der Waals surface area contributed by atoms with E-state index in [9.17, 15) is 8.78 Å². The minimum absolute atomic E-state index is 0.105. The highest BCUT2D eigenvalue weighted by Crippen LogP contribution is 2.45. The maximum Gasteiger partial charge on any atom is 0.204 e. The molecule has 0 heterocycles. The Hall–Kier alpha value is -2.30. The number of rotatable bonds is 10. The van der Waals surface area contributed by atoms with Crippen molar-refractivity contribution < 1.29 is 23.0 Å². The monoisotopic (exact) mass is 472 g/mol. The van der Waals surface area contributed by atoms with Gasteiger partial charge in [-0.2, -0.15) is 8.78 Å². The van der Waals surface area contributed by atoms with Crippen LogP contribution in [0.25, 0.3) is 0 Å². The van der Waals surface area contributed by atoms with Crippen molar-refractivity contribution in [3.05, 3.63) is 53.6 Å². The average molecular weight is 473 g/mol. The predicted molar refractivity (Wildman–Crippen MR) is 130 cm³/mol. The van der Waals surface area contributed by atoms with Crippen molar-refractivity contribution in [1.29, 1.82) is 0 Å². The van der Waals surface area contributed by atoms with Crippen molar-refractivity contribution in [2.75, 3.05) is 13.2 Å². The molecule has 0 radical (unpaired) electrons. The van der Waals surface area contributed by atoms with Gasteiger partial charge in [-0.1, -0.05) is 38.3 Å². The molecule has 2 aliphatic carbocycles. The molecule has 0 bridgehead atoms. The number of hydrogen-bond acceptors (Lipinski definition) is 3. The smallest absolute Gasteiger partial charge is 0.204 e. The molecule has 2 aromatic rings. The summed E-state index contributed by atoms with van der Waals surface area (Å²) < 4.78 is 44.9. The van der Waals surface area contributed by atoms with Crippen LogP contribution in [0.3, 0.4) is 0 Å². The molecule has 5 heteroatoms. The Balaban J connectivity index is 1.22. The second-order valence-corrected chi connectivity index (χ2v) is 10.0. The summed E-state index contributed by atoms with van der Waals surface area (Å²) in [4.78, 5) is 0. The van der Waals surface area contributed by atoms with Crippen LogP contribution in [0.5, 0.6) is 17.2 Å². The van der Waals surface area contributed by atoms with Gasteiger partial charge < -0.3 is 14.2 Å². The van der Waals surface area contributed by atoms with Crippen LogP contribution in [0.1, 0.15) is 70.8 Å². The van der Waals surface area contributed by atoms with E-state index >= 15 is 0 Å². The molecule has 0 spiro atoms. The van der Waals surface area contributed by atoms with Gasteiger partial charge in [-0.25, -0.2) is 0 Å². The lowest BCUT2D eigenvalue weighted by atomic mass is 9.64. The van der Waals surface area contributed by atoms with E-state index in [-0.39, 0.29) is 24.7 Å². The third-order valence-corrected chi connectivity index (χ3v) is 7.64. The fourth-order valence-electron chi connectivity index (χ4n) is 5.85. The Kier molecular flexibility index (Phi) is 8.69. The van der Waals surface area contributed by atoms with Crippen LogP contribution in [0.15, 0.2) is 36.4 Å². The summed E-state index contributed by atoms with van der Waals surface area (Å²) in [7, 11) is 0. The highest BCUT2D eigenvalue weighted by molar-refractivity contribution is 5.35. The normalized spacial score (nSPS) is 24.4. The van der Waals surface area contributed by atoms with Gasteiger partial charge in [0.1, 0.15) is 12.4 Å². The van der Waals surface area contributed by atoms with Gasteiger partial charge in [-0.3, -0.25) is 0 Å². The van der Waals surface area contributed by atoms with Crippen LogP contribution < -0.4 is 14.2 Å². The first-order chi connectivity index (χ1) is 16.6. The molecule has 0 amide bonds. The molecule has 0 N–H and O–H groups in total. The molecular weight excluding hydrogens is 434 g/mol. The molecule has 0 aliphatic heterocycles. The van der Waals surface area contributed by atoms with Gasteiger partial charge in [0, 0.05) is 0 Å². The highest BCUT2D eigenvalue weighted by atomic mass is 19.2. The maximum absolute atomic E-state index is 14.2. The predicted octanol–water partition coefficient (Wildman–Crippen LogP) is 7.95. The van der Waals surface area contributed by atoms with Crippen molar-refractivity contribution in [3.8, 4) is 17.2 Å². The number of hydrogen-bond donors (Lipinski definition) is 0. The van der Waals surface area contributed by atoms with E-state index in [1.807, 2.05) is 24.3 Å². The van der Waals surface area contributed by atoms with Gasteiger partial charge in [0.05, 0.1) is 13.2 Å². The van der Waals surface area contributed by atoms with Gasteiger partial charge in [0.25, 0.3) is 0 Å². The third-order valence-electron chi connectivity index (χ3n) is 7.64. The highest BCUT2D eigenvalue weighted by Gasteiger charge is 2.35. The molecule has 0 aromatic heterocycles. The summed E-state index contributed by atoms with van der Waals surface area (Å²) >= 11 is 0. The van der Waals surface area contributed by atoms with Crippen LogP contribution in [0.4, 0.5) is 8.78 Å². The summed E-state index contributed by atoms with van der Waals surface area (Å²) in [6.07, 6.45) is 10.9. The lowest BCUT2D eigenvalue weighted by molar-refractivity contribution is 0.0749. The minimum Gasteiger partial charge on any atom is -0.493 e. The molecule has 3 nitrogen and oxygen atoms in total. The molecule has 34 heavy (non-hydrogen) atoms. The molecular formula is C29H38F2O3. The topological polar surface area (TPSA) is 27.7 Å². The van der Waals surface area contributed by atoms with Crippen molar-refractivity contribution >= 4 is 0 Å². The fourth-order valence-corrected chi connectivity index (χ4v) is 5.85. The summed E-state index contributed by atoms with van der Waals surface area (Å²) in [6.45, 7) is 5.22. The number of fused-ring (bicyclic) bond motifs is 1. The van der Waals surface area contributed by atoms with Gasteiger partial charge in [-0.15, -0.1) is 0 Å². The summed E-state index contributed by atoms with van der Waals surface area (Å²) in [5, 5.41) is 0. The van der Waals surface area contributed by atoms with E-state index in [1.54, 1.807) is 6.92 Å². The summed E-state index contributed by atoms with van der Waals surface area (Å²) in [6, 6.07) is 10.4. The second kappa shape index (κ2) is 11.9. The minimum atomic E-state index is -1.03. The molecule has 2 fully saturated rings. The molecule has 2 aliphatic rings. The Morgan fingerprint density at radius 1 is 0.735 bits per heavy atom. The number of halogens is 2. The Bertz CT molecular complexity index is 914. The summed E-state index contributed by atoms with van der Waals surface area (Å²) in [5.74, 6) is 2.00. The molecule has 186 valence electrons. The quantitative estimate of drug-likeness (QED) is 0.351. The first-order valence-corrected chi connectivity index (χ1v) is 13.0. The SMILES string of the molecule is CCCC1CCC2CC(COc3ccc(COc4ccc(OCC)c(F)c4F)cc3)CCC2C1. The first-order valence-electron chi connectivity index (χ1n) is 13.0. The number of benzene rings is 2. The largest absolute Gasteiger partial charge is 0.493 e. The van der Waals surface area contributed by atoms with E-state index in [0.29, 0.717) is 5.92 Å². The average Bonchev–Trinajstić information content (AvgIpc) is 2.86. The zero-order valence-corrected chi connectivity index (χ0v) is 20.5. The Labute approximate surface area is 202 Å². The van der Waals surface area contributed by atoms with E-state index in [4.69, 9.17) is 14.2 Å². The van der Waals surface area contributed by atoms with Gasteiger partial charge >= 0.3 is 0 Å². The molecule has 4 rings (SSSR count). The van der Waals surface area contributed by atoms with Gasteiger partial charge in [0.15, 0.2) is 11.5 Å². The van der Waals surface area contributed by atoms with Crippen LogP contribution in [-0.2, 0) is 6.61 Å². The first kappa shape index (κ1) is 24.8. The van der Waals surface area contributed by atoms with E-state index < -0.39 is 11.6 Å². The van der Waals surface area contributed by atoms with Crippen molar-refractivity contribution in [2.24, 2.45) is 23.7 Å². The standard InChI is InChI=1S/C29H38F2O3/c1-3-5-20-6-10-24-17-22(7-11-23(24)16-20)19-33-25-12-8-21(9-13-25)18-34-27-15-14-26(32-4-2)28(30)29(27)31/h8-9,12-15,20,22-24H,3-7,10-11,16-19H2,1-2H3. The fraction of sp³-hybridized carbons (Fsp3) is 0.586. The summed E-state index contributed by atoms with van der Waals surface area (Å²) in [5.41, 5.74) is 0.866. The maximum atomic E-state index is 14.2. The van der Waals surface area contributed by atoms with Gasteiger partial charge in [0.2, 0.25) is 11.6 Å². The molecule has 0 saturated heterocycles. The Morgan fingerprint density at radius 2 is 1.35 bits per heavy atom. The van der Waals surface area contributed by atoms with Crippen molar-refractivity contribution in [2.45, 2.75) is 71.8 Å². The van der Waals surface area contributed by atoms with Crippen LogP contribution in [0, 0.1) is 35.3 Å². The van der Waals surface area contributed by atoms with Crippen LogP contribution >= 0.6 is 0 Å². The zero-order valence-electron chi connectivity index (χ0n) is 20.5. The van der Waals surface area contributed by atoms with Crippen molar-refractivity contribution in [1.82, 2.24) is 0 Å². The lowest BCUT2D eigenvalue weighted by Crippen LogP contribution is -2.32. The number of ether oxygens (including phenoxy) is 3. The van der Waals surface area contributed by atoms with E-state index in [1.165, 1.54) is 63.5 Å². The molecule has 2 saturated carbocycles. The molecule has 2 aromatic carbocycles. The third kappa shape index (κ3) is 6.22. The Morgan fingerprint density at radius 3 is 2.00 bits per heavy atom. The van der Waals surface area contributed by atoms with E-state index in [2.05, 4.69) is 6.92 Å². The van der Waals surface area contributed by atoms with Gasteiger partial charge in [-0.05, 0) is 92.5 Å².